The molecule has 1 rings (SSSR count). The van der Waals surface area contributed by atoms with Crippen LogP contribution in [0, 0.1) is 0 Å². The minimum absolute atomic E-state index is 0.358. The van der Waals surface area contributed by atoms with Crippen LogP contribution in [0.3, 0.4) is 0 Å². The quantitative estimate of drug-likeness (QED) is 0.622. The van der Waals surface area contributed by atoms with Crippen LogP contribution in [-0.2, 0) is 10.5 Å². The van der Waals surface area contributed by atoms with E-state index in [2.05, 4.69) is 4.98 Å². The Balaban J connectivity index is 2.34. The molecule has 0 saturated heterocycles. The van der Waals surface area contributed by atoms with Gasteiger partial charge in [0, 0.05) is 17.0 Å². The first kappa shape index (κ1) is 14.6. The Kier molecular flexibility index (Phi) is 6.05. The van der Waals surface area contributed by atoms with Gasteiger partial charge in [-0.3, -0.25) is 4.79 Å². The highest BCUT2D eigenvalue weighted by atomic mass is 35.5. The summed E-state index contributed by atoms with van der Waals surface area (Å²) < 4.78 is 0. The summed E-state index contributed by atoms with van der Waals surface area (Å²) in [5, 5.41) is 9.52. The molecule has 1 atom stereocenters. The molecule has 0 aliphatic heterocycles. The number of halogens is 2. The lowest BCUT2D eigenvalue weighted by molar-refractivity contribution is -0.138. The minimum Gasteiger partial charge on any atom is -0.480 e. The highest BCUT2D eigenvalue weighted by Crippen LogP contribution is 2.23. The monoisotopic (exact) mass is 294 g/mol. The lowest BCUT2D eigenvalue weighted by Crippen LogP contribution is -2.30. The zero-order chi connectivity index (χ0) is 12.8. The van der Waals surface area contributed by atoms with Gasteiger partial charge in [0.25, 0.3) is 0 Å². The molecule has 3 N–H and O–H groups in total. The van der Waals surface area contributed by atoms with E-state index in [-0.39, 0.29) is 0 Å². The molecule has 0 amide bonds. The van der Waals surface area contributed by atoms with E-state index in [1.165, 1.54) is 0 Å². The molecular formula is C10H12Cl2N2O2S. The van der Waals surface area contributed by atoms with E-state index in [0.717, 1.165) is 5.56 Å². The van der Waals surface area contributed by atoms with Gasteiger partial charge in [-0.15, -0.1) is 0 Å². The molecular weight excluding hydrogens is 283 g/mol. The summed E-state index contributed by atoms with van der Waals surface area (Å²) in [5.74, 6) is 0.346. The number of nitrogens with zero attached hydrogens (tertiary/aromatic N) is 1. The van der Waals surface area contributed by atoms with Crippen LogP contribution in [0.2, 0.25) is 10.2 Å². The Hall–Kier alpha value is -0.490. The summed E-state index contributed by atoms with van der Waals surface area (Å²) in [4.78, 5) is 14.4. The molecule has 0 aliphatic carbocycles. The van der Waals surface area contributed by atoms with Crippen LogP contribution in [0.25, 0.3) is 0 Å². The number of nitrogens with two attached hydrogens (primary N) is 1. The third-order valence-electron chi connectivity index (χ3n) is 2.04. The van der Waals surface area contributed by atoms with Crippen LogP contribution >= 0.6 is 35.0 Å². The lowest BCUT2D eigenvalue weighted by atomic mass is 10.2. The number of rotatable bonds is 6. The van der Waals surface area contributed by atoms with E-state index < -0.39 is 12.0 Å². The number of hydrogen-bond donors (Lipinski definition) is 2. The van der Waals surface area contributed by atoms with Gasteiger partial charge in [-0.25, -0.2) is 4.98 Å². The number of carbonyl (C=O) groups is 1. The summed E-state index contributed by atoms with van der Waals surface area (Å²) in [7, 11) is 0. The molecule has 1 aromatic rings. The smallest absolute Gasteiger partial charge is 0.320 e. The van der Waals surface area contributed by atoms with Gasteiger partial charge in [0.05, 0.1) is 0 Å². The van der Waals surface area contributed by atoms with Crippen molar-refractivity contribution in [3.05, 3.63) is 28.0 Å². The second-order valence-electron chi connectivity index (χ2n) is 3.38. The van der Waals surface area contributed by atoms with E-state index >= 15 is 0 Å². The van der Waals surface area contributed by atoms with Crippen LogP contribution in [0.15, 0.2) is 12.3 Å². The van der Waals surface area contributed by atoms with Gasteiger partial charge in [-0.05, 0) is 23.8 Å². The summed E-state index contributed by atoms with van der Waals surface area (Å²) in [6.45, 7) is 0. The maximum Gasteiger partial charge on any atom is 0.320 e. The van der Waals surface area contributed by atoms with Crippen LogP contribution in [0.1, 0.15) is 12.0 Å². The number of carboxylic acid groups (broad SMARTS) is 1. The van der Waals surface area contributed by atoms with E-state index in [4.69, 9.17) is 34.0 Å². The molecule has 7 heteroatoms. The number of thioether (sulfide) groups is 1. The Labute approximate surface area is 114 Å². The fraction of sp³-hybridized carbons (Fsp3) is 0.400. The van der Waals surface area contributed by atoms with Crippen molar-refractivity contribution in [2.75, 3.05) is 5.75 Å². The summed E-state index contributed by atoms with van der Waals surface area (Å²) in [5.41, 5.74) is 6.26. The van der Waals surface area contributed by atoms with Gasteiger partial charge >= 0.3 is 5.97 Å². The molecule has 0 bridgehead atoms. The van der Waals surface area contributed by atoms with Gasteiger partial charge in [0.1, 0.15) is 11.2 Å². The highest BCUT2D eigenvalue weighted by molar-refractivity contribution is 7.98. The molecule has 0 spiro atoms. The summed E-state index contributed by atoms with van der Waals surface area (Å²) >= 11 is 13.2. The molecule has 0 aliphatic rings. The molecule has 17 heavy (non-hydrogen) atoms. The van der Waals surface area contributed by atoms with Crippen LogP contribution in [-0.4, -0.2) is 27.9 Å². The SMILES string of the molecule is NC(CCSCc1cnc(Cl)cc1Cl)C(=O)O. The van der Waals surface area contributed by atoms with E-state index in [1.54, 1.807) is 24.0 Å². The predicted molar refractivity (Wildman–Crippen MR) is 70.6 cm³/mol. The fourth-order valence-electron chi connectivity index (χ4n) is 1.06. The second-order valence-corrected chi connectivity index (χ2v) is 5.28. The van der Waals surface area contributed by atoms with Crippen LogP contribution < -0.4 is 5.73 Å². The third kappa shape index (κ3) is 5.12. The average molecular weight is 295 g/mol. The topological polar surface area (TPSA) is 76.2 Å². The van der Waals surface area contributed by atoms with Crippen molar-refractivity contribution >= 4 is 40.9 Å². The van der Waals surface area contributed by atoms with Gasteiger partial charge in [0.15, 0.2) is 0 Å². The minimum atomic E-state index is -0.975. The number of pyridine rings is 1. The summed E-state index contributed by atoms with van der Waals surface area (Å²) in [6, 6.07) is 0.781. The average Bonchev–Trinajstić information content (AvgIpc) is 2.26. The molecule has 1 unspecified atom stereocenters. The van der Waals surface area contributed by atoms with E-state index in [1.807, 2.05) is 0 Å². The maximum atomic E-state index is 10.5. The predicted octanol–water partition coefficient (Wildman–Crippen LogP) is 2.42. The summed E-state index contributed by atoms with van der Waals surface area (Å²) in [6.07, 6.45) is 2.05. The number of carboxylic acids is 1. The molecule has 1 heterocycles. The van der Waals surface area contributed by atoms with Crippen LogP contribution in [0.5, 0.6) is 0 Å². The number of aromatic nitrogens is 1. The van der Waals surface area contributed by atoms with E-state index in [0.29, 0.717) is 28.1 Å². The van der Waals surface area contributed by atoms with E-state index in [9.17, 15) is 4.79 Å². The van der Waals surface area contributed by atoms with Gasteiger partial charge in [0.2, 0.25) is 0 Å². The van der Waals surface area contributed by atoms with Crippen molar-refractivity contribution < 1.29 is 9.90 Å². The van der Waals surface area contributed by atoms with Crippen molar-refractivity contribution in [2.45, 2.75) is 18.2 Å². The molecule has 4 nitrogen and oxygen atoms in total. The van der Waals surface area contributed by atoms with Gasteiger partial charge in [-0.2, -0.15) is 11.8 Å². The Bertz CT molecular complexity index is 404. The zero-order valence-electron chi connectivity index (χ0n) is 8.90. The molecule has 94 valence electrons. The zero-order valence-corrected chi connectivity index (χ0v) is 11.2. The Morgan fingerprint density at radius 1 is 1.59 bits per heavy atom. The van der Waals surface area contributed by atoms with Crippen LogP contribution in [0.4, 0.5) is 0 Å². The maximum absolute atomic E-state index is 10.5. The number of hydrogen-bond acceptors (Lipinski definition) is 4. The Morgan fingerprint density at radius 3 is 2.88 bits per heavy atom. The molecule has 1 aromatic heterocycles. The first-order chi connectivity index (χ1) is 8.00. The van der Waals surface area contributed by atoms with Gasteiger partial charge < -0.3 is 10.8 Å². The molecule has 0 saturated carbocycles. The normalized spacial score (nSPS) is 12.4. The Morgan fingerprint density at radius 2 is 2.29 bits per heavy atom. The van der Waals surface area contributed by atoms with Crippen molar-refractivity contribution in [3.63, 3.8) is 0 Å². The van der Waals surface area contributed by atoms with Gasteiger partial charge in [-0.1, -0.05) is 23.2 Å². The second kappa shape index (κ2) is 7.06. The lowest BCUT2D eigenvalue weighted by Gasteiger charge is -2.06. The highest BCUT2D eigenvalue weighted by Gasteiger charge is 2.10. The fourth-order valence-corrected chi connectivity index (χ4v) is 2.58. The first-order valence-corrected chi connectivity index (χ1v) is 6.78. The van der Waals surface area contributed by atoms with Crippen molar-refractivity contribution in [2.24, 2.45) is 5.73 Å². The van der Waals surface area contributed by atoms with Crippen molar-refractivity contribution in [3.8, 4) is 0 Å². The largest absolute Gasteiger partial charge is 0.480 e. The molecule has 0 aromatic carbocycles. The van der Waals surface area contributed by atoms with Crippen molar-refractivity contribution in [1.82, 2.24) is 4.98 Å². The standard InChI is InChI=1S/C10H12Cl2N2O2S/c11-7-3-9(12)14-4-6(7)5-17-2-1-8(13)10(15)16/h3-4,8H,1-2,5,13H2,(H,15,16). The molecule has 0 radical (unpaired) electrons. The molecule has 0 fully saturated rings. The van der Waals surface area contributed by atoms with Crippen molar-refractivity contribution in [1.29, 1.82) is 0 Å². The number of aliphatic carboxylic acids is 1. The third-order valence-corrected chi connectivity index (χ3v) is 3.64. The first-order valence-electron chi connectivity index (χ1n) is 4.86.